The fourth-order valence-electron chi connectivity index (χ4n) is 2.50. The summed E-state index contributed by atoms with van der Waals surface area (Å²) in [4.78, 5) is 22.7. The van der Waals surface area contributed by atoms with Crippen molar-refractivity contribution in [1.29, 1.82) is 0 Å². The Labute approximate surface area is 151 Å². The zero-order valence-electron chi connectivity index (χ0n) is 14.6. The molecule has 26 heavy (non-hydrogen) atoms. The molecule has 10 heteroatoms. The van der Waals surface area contributed by atoms with E-state index in [-0.39, 0.29) is 30.2 Å². The molecule has 0 aliphatic carbocycles. The zero-order valence-corrected chi connectivity index (χ0v) is 15.4. The van der Waals surface area contributed by atoms with Crippen molar-refractivity contribution in [3.8, 4) is 5.75 Å². The predicted octanol–water partition coefficient (Wildman–Crippen LogP) is -0.152. The Kier molecular flexibility index (Phi) is 6.57. The first-order valence-corrected chi connectivity index (χ1v) is 9.46. The lowest BCUT2D eigenvalue weighted by Gasteiger charge is -2.26. The van der Waals surface area contributed by atoms with Crippen LogP contribution in [-0.4, -0.2) is 69.2 Å². The second-order valence-electron chi connectivity index (χ2n) is 5.81. The number of sulfonamides is 1. The number of benzene rings is 1. The van der Waals surface area contributed by atoms with Gasteiger partial charge in [-0.25, -0.2) is 8.42 Å². The van der Waals surface area contributed by atoms with Gasteiger partial charge in [-0.15, -0.1) is 0 Å². The summed E-state index contributed by atoms with van der Waals surface area (Å²) in [6.07, 6.45) is -0.146. The van der Waals surface area contributed by atoms with E-state index in [0.29, 0.717) is 18.8 Å². The van der Waals surface area contributed by atoms with Gasteiger partial charge < -0.3 is 19.9 Å². The van der Waals surface area contributed by atoms with E-state index in [1.807, 2.05) is 0 Å². The first-order valence-electron chi connectivity index (χ1n) is 8.02. The highest BCUT2D eigenvalue weighted by molar-refractivity contribution is 7.89. The number of methoxy groups -OCH3 is 1. The smallest absolute Gasteiger partial charge is 0.325 e. The molecule has 1 saturated heterocycles. The zero-order chi connectivity index (χ0) is 19.3. The second kappa shape index (κ2) is 8.47. The van der Waals surface area contributed by atoms with Crippen LogP contribution in [0.4, 0.5) is 0 Å². The molecule has 1 amide bonds. The van der Waals surface area contributed by atoms with Gasteiger partial charge in [0.2, 0.25) is 15.9 Å². The topological polar surface area (TPSA) is 122 Å². The molecule has 1 aliphatic rings. The number of nitrogens with zero attached hydrogens (tertiary/aromatic N) is 1. The molecule has 0 spiro atoms. The van der Waals surface area contributed by atoms with E-state index >= 15 is 0 Å². The Morgan fingerprint density at radius 2 is 2.00 bits per heavy atom. The van der Waals surface area contributed by atoms with Crippen LogP contribution in [0, 0.1) is 0 Å². The molecular formula is C16H22N2O7S. The average molecular weight is 386 g/mol. The van der Waals surface area contributed by atoms with E-state index in [4.69, 9.17) is 14.6 Å². The van der Waals surface area contributed by atoms with Gasteiger partial charge in [-0.1, -0.05) is 6.07 Å². The molecule has 1 aliphatic heterocycles. The van der Waals surface area contributed by atoms with Crippen LogP contribution in [0.1, 0.15) is 12.5 Å². The monoisotopic (exact) mass is 386 g/mol. The molecule has 1 heterocycles. The number of amides is 1. The summed E-state index contributed by atoms with van der Waals surface area (Å²) in [6.45, 7) is 2.47. The lowest BCUT2D eigenvalue weighted by molar-refractivity contribution is -0.141. The SMILES string of the molecule is COc1ccc(CC(=O)N[C@@H](C)C(=O)O)cc1S(=O)(=O)N1CCOCC1. The van der Waals surface area contributed by atoms with Crippen molar-refractivity contribution >= 4 is 21.9 Å². The van der Waals surface area contributed by atoms with E-state index in [9.17, 15) is 18.0 Å². The summed E-state index contributed by atoms with van der Waals surface area (Å²) in [5.41, 5.74) is 0.438. The Bertz CT molecular complexity index is 773. The van der Waals surface area contributed by atoms with Gasteiger partial charge in [0.05, 0.1) is 26.7 Å². The molecule has 2 N–H and O–H groups in total. The van der Waals surface area contributed by atoms with Crippen LogP contribution in [0.2, 0.25) is 0 Å². The Hall–Kier alpha value is -2.17. The first-order chi connectivity index (χ1) is 12.3. The van der Waals surface area contributed by atoms with E-state index in [1.165, 1.54) is 30.5 Å². The number of nitrogens with one attached hydrogen (secondary N) is 1. The fourth-order valence-corrected chi connectivity index (χ4v) is 4.11. The van der Waals surface area contributed by atoms with Crippen molar-refractivity contribution in [3.05, 3.63) is 23.8 Å². The van der Waals surface area contributed by atoms with Crippen LogP contribution >= 0.6 is 0 Å². The summed E-state index contributed by atoms with van der Waals surface area (Å²) in [6, 6.07) is 3.41. The molecule has 0 radical (unpaired) electrons. The Morgan fingerprint density at radius 3 is 2.58 bits per heavy atom. The minimum atomic E-state index is -3.80. The number of carbonyl (C=O) groups excluding carboxylic acids is 1. The third-order valence-corrected chi connectivity index (χ3v) is 5.85. The number of morpholine rings is 1. The number of carboxylic acids is 1. The first kappa shape index (κ1) is 20.1. The third kappa shape index (κ3) is 4.71. The van der Waals surface area contributed by atoms with Crippen molar-refractivity contribution in [2.75, 3.05) is 33.4 Å². The van der Waals surface area contributed by atoms with Crippen LogP contribution in [0.3, 0.4) is 0 Å². The molecule has 1 aromatic carbocycles. The molecule has 1 aromatic rings. The quantitative estimate of drug-likeness (QED) is 0.668. The predicted molar refractivity (Wildman–Crippen MR) is 91.5 cm³/mol. The maximum absolute atomic E-state index is 12.9. The van der Waals surface area contributed by atoms with Crippen LogP contribution in [0.25, 0.3) is 0 Å². The maximum atomic E-state index is 12.9. The molecule has 0 unspecified atom stereocenters. The molecule has 1 fully saturated rings. The summed E-state index contributed by atoms with van der Waals surface area (Å²) in [5, 5.41) is 11.2. The minimum Gasteiger partial charge on any atom is -0.495 e. The molecule has 0 bridgehead atoms. The van der Waals surface area contributed by atoms with Gasteiger partial charge in [0.15, 0.2) is 0 Å². The third-order valence-electron chi connectivity index (χ3n) is 3.93. The van der Waals surface area contributed by atoms with Crippen molar-refractivity contribution in [1.82, 2.24) is 9.62 Å². The van der Waals surface area contributed by atoms with Crippen molar-refractivity contribution in [2.24, 2.45) is 0 Å². The molecule has 1 atom stereocenters. The maximum Gasteiger partial charge on any atom is 0.325 e. The molecular weight excluding hydrogens is 364 g/mol. The summed E-state index contributed by atoms with van der Waals surface area (Å²) in [7, 11) is -2.43. The molecule has 144 valence electrons. The molecule has 9 nitrogen and oxygen atoms in total. The van der Waals surface area contributed by atoms with Crippen molar-refractivity contribution < 1.29 is 32.6 Å². The van der Waals surface area contributed by atoms with Gasteiger partial charge in [-0.05, 0) is 24.6 Å². The van der Waals surface area contributed by atoms with Crippen molar-refractivity contribution in [2.45, 2.75) is 24.3 Å². The minimum absolute atomic E-state index is 0.0292. The molecule has 0 saturated carbocycles. The van der Waals surface area contributed by atoms with E-state index in [2.05, 4.69) is 5.32 Å². The molecule has 2 rings (SSSR count). The lowest BCUT2D eigenvalue weighted by Crippen LogP contribution is -2.41. The lowest BCUT2D eigenvalue weighted by atomic mass is 10.1. The highest BCUT2D eigenvalue weighted by Gasteiger charge is 2.29. The number of rotatable bonds is 7. The van der Waals surface area contributed by atoms with E-state index in [1.54, 1.807) is 6.07 Å². The van der Waals surface area contributed by atoms with Crippen LogP contribution in [-0.2, 0) is 30.8 Å². The van der Waals surface area contributed by atoms with Gasteiger partial charge in [0, 0.05) is 13.1 Å². The van der Waals surface area contributed by atoms with Gasteiger partial charge >= 0.3 is 5.97 Å². The van der Waals surface area contributed by atoms with Crippen LogP contribution in [0.5, 0.6) is 5.75 Å². The summed E-state index contributed by atoms with van der Waals surface area (Å²) in [5.74, 6) is -1.48. The van der Waals surface area contributed by atoms with Gasteiger partial charge in [-0.3, -0.25) is 9.59 Å². The summed E-state index contributed by atoms with van der Waals surface area (Å²) < 4.78 is 37.4. The number of carboxylic acid groups (broad SMARTS) is 1. The standard InChI is InChI=1S/C16H22N2O7S/c1-11(16(20)21)17-15(19)10-12-3-4-13(24-2)14(9-12)26(22,23)18-5-7-25-8-6-18/h3-4,9,11H,5-8,10H2,1-2H3,(H,17,19)(H,20,21)/t11-/m0/s1. The van der Waals surface area contributed by atoms with E-state index < -0.39 is 27.9 Å². The number of aliphatic carboxylic acids is 1. The van der Waals surface area contributed by atoms with E-state index in [0.717, 1.165) is 0 Å². The Balaban J connectivity index is 2.25. The number of hydrogen-bond donors (Lipinski definition) is 2. The fraction of sp³-hybridized carbons (Fsp3) is 0.500. The highest BCUT2D eigenvalue weighted by Crippen LogP contribution is 2.28. The van der Waals surface area contributed by atoms with Gasteiger partial charge in [0.1, 0.15) is 16.7 Å². The van der Waals surface area contributed by atoms with Gasteiger partial charge in [-0.2, -0.15) is 4.31 Å². The van der Waals surface area contributed by atoms with Crippen LogP contribution in [0.15, 0.2) is 23.1 Å². The molecule has 0 aromatic heterocycles. The number of ether oxygens (including phenoxy) is 2. The van der Waals surface area contributed by atoms with Crippen LogP contribution < -0.4 is 10.1 Å². The summed E-state index contributed by atoms with van der Waals surface area (Å²) >= 11 is 0. The van der Waals surface area contributed by atoms with Crippen molar-refractivity contribution in [3.63, 3.8) is 0 Å². The average Bonchev–Trinajstić information content (AvgIpc) is 2.62. The number of hydrogen-bond acceptors (Lipinski definition) is 6. The van der Waals surface area contributed by atoms with Gasteiger partial charge in [0.25, 0.3) is 0 Å². The Morgan fingerprint density at radius 1 is 1.35 bits per heavy atom. The second-order valence-corrected chi connectivity index (χ2v) is 7.71. The number of carbonyl (C=O) groups is 2. The highest BCUT2D eigenvalue weighted by atomic mass is 32.2. The normalized spacial score (nSPS) is 16.7. The largest absolute Gasteiger partial charge is 0.495 e.